The molecule has 1 unspecified atom stereocenters. The van der Waals surface area contributed by atoms with E-state index >= 15 is 0 Å². The van der Waals surface area contributed by atoms with Crippen molar-refractivity contribution < 1.29 is 4.74 Å². The van der Waals surface area contributed by atoms with E-state index in [1.54, 1.807) is 0 Å². The van der Waals surface area contributed by atoms with Crippen molar-refractivity contribution in [3.05, 3.63) is 64.7 Å². The lowest BCUT2D eigenvalue weighted by atomic mass is 10.1. The molecule has 0 aliphatic heterocycles. The topological polar surface area (TPSA) is 35.2 Å². The molecule has 0 radical (unpaired) electrons. The van der Waals surface area contributed by atoms with Gasteiger partial charge >= 0.3 is 0 Å². The Balaban J connectivity index is 1.82. The summed E-state index contributed by atoms with van der Waals surface area (Å²) in [6, 6.07) is 15.7. The van der Waals surface area contributed by atoms with Gasteiger partial charge in [0.2, 0.25) is 0 Å². The minimum absolute atomic E-state index is 0.0154. The van der Waals surface area contributed by atoms with Crippen LogP contribution in [0.2, 0.25) is 5.02 Å². The van der Waals surface area contributed by atoms with E-state index in [-0.39, 0.29) is 6.04 Å². The van der Waals surface area contributed by atoms with Crippen LogP contribution in [0, 0.1) is 6.92 Å². The SMILES string of the molecule is Cc1ccc(CC(N)COc2ccc(Cl)cc2)cc1. The first kappa shape index (κ1) is 13.9. The molecule has 0 bridgehead atoms. The molecular weight excluding hydrogens is 258 g/mol. The summed E-state index contributed by atoms with van der Waals surface area (Å²) in [5.74, 6) is 0.795. The first-order valence-corrected chi connectivity index (χ1v) is 6.71. The zero-order chi connectivity index (χ0) is 13.7. The zero-order valence-corrected chi connectivity index (χ0v) is 11.7. The summed E-state index contributed by atoms with van der Waals surface area (Å²) in [5.41, 5.74) is 8.56. The molecular formula is C16H18ClNO. The zero-order valence-electron chi connectivity index (χ0n) is 11.0. The Morgan fingerprint density at radius 3 is 2.32 bits per heavy atom. The molecule has 0 saturated heterocycles. The van der Waals surface area contributed by atoms with E-state index < -0.39 is 0 Å². The molecule has 2 aromatic rings. The van der Waals surface area contributed by atoms with Gasteiger partial charge in [-0.25, -0.2) is 0 Å². The minimum Gasteiger partial charge on any atom is -0.492 e. The van der Waals surface area contributed by atoms with Crippen molar-refractivity contribution >= 4 is 11.6 Å². The second kappa shape index (κ2) is 6.60. The molecule has 19 heavy (non-hydrogen) atoms. The second-order valence-electron chi connectivity index (χ2n) is 4.71. The third kappa shape index (κ3) is 4.58. The number of aryl methyl sites for hydroxylation is 1. The predicted octanol–water partition coefficient (Wildman–Crippen LogP) is 3.60. The molecule has 1 atom stereocenters. The van der Waals surface area contributed by atoms with Gasteiger partial charge in [-0.1, -0.05) is 41.4 Å². The van der Waals surface area contributed by atoms with E-state index in [1.807, 2.05) is 24.3 Å². The number of rotatable bonds is 5. The van der Waals surface area contributed by atoms with Crippen molar-refractivity contribution in [1.82, 2.24) is 0 Å². The molecule has 0 saturated carbocycles. The average molecular weight is 276 g/mol. The number of halogens is 1. The maximum Gasteiger partial charge on any atom is 0.119 e. The van der Waals surface area contributed by atoms with Gasteiger partial charge in [0.05, 0.1) is 0 Å². The monoisotopic (exact) mass is 275 g/mol. The second-order valence-corrected chi connectivity index (χ2v) is 5.15. The Morgan fingerprint density at radius 1 is 1.05 bits per heavy atom. The highest BCUT2D eigenvalue weighted by atomic mass is 35.5. The molecule has 2 N–H and O–H groups in total. The van der Waals surface area contributed by atoms with Gasteiger partial charge in [0.1, 0.15) is 12.4 Å². The van der Waals surface area contributed by atoms with Crippen molar-refractivity contribution in [3.8, 4) is 5.75 Å². The molecule has 0 amide bonds. The lowest BCUT2D eigenvalue weighted by molar-refractivity contribution is 0.287. The summed E-state index contributed by atoms with van der Waals surface area (Å²) in [4.78, 5) is 0. The third-order valence-corrected chi connectivity index (χ3v) is 3.15. The van der Waals surface area contributed by atoms with E-state index in [1.165, 1.54) is 11.1 Å². The highest BCUT2D eigenvalue weighted by Gasteiger charge is 2.05. The number of ether oxygens (including phenoxy) is 1. The third-order valence-electron chi connectivity index (χ3n) is 2.90. The van der Waals surface area contributed by atoms with Crippen LogP contribution < -0.4 is 10.5 Å². The number of nitrogens with two attached hydrogens (primary N) is 1. The fraction of sp³-hybridized carbons (Fsp3) is 0.250. The number of benzene rings is 2. The van der Waals surface area contributed by atoms with Gasteiger partial charge < -0.3 is 10.5 Å². The lowest BCUT2D eigenvalue weighted by Gasteiger charge is -2.13. The summed E-state index contributed by atoms with van der Waals surface area (Å²) in [6.07, 6.45) is 0.813. The molecule has 0 aliphatic carbocycles. The van der Waals surface area contributed by atoms with Crippen LogP contribution in [0.5, 0.6) is 5.75 Å². The minimum atomic E-state index is -0.0154. The van der Waals surface area contributed by atoms with Crippen LogP contribution in [0.25, 0.3) is 0 Å². The van der Waals surface area contributed by atoms with Crippen molar-refractivity contribution in [2.45, 2.75) is 19.4 Å². The Kier molecular flexibility index (Phi) is 4.83. The maximum atomic E-state index is 6.07. The van der Waals surface area contributed by atoms with Gasteiger partial charge in [0.15, 0.2) is 0 Å². The van der Waals surface area contributed by atoms with E-state index in [0.29, 0.717) is 11.6 Å². The van der Waals surface area contributed by atoms with Gasteiger partial charge in [0, 0.05) is 11.1 Å². The molecule has 2 rings (SSSR count). The van der Waals surface area contributed by atoms with Gasteiger partial charge in [-0.2, -0.15) is 0 Å². The first-order chi connectivity index (χ1) is 9.13. The highest BCUT2D eigenvalue weighted by molar-refractivity contribution is 6.30. The van der Waals surface area contributed by atoms with E-state index in [2.05, 4.69) is 31.2 Å². The molecule has 0 fully saturated rings. The van der Waals surface area contributed by atoms with Gasteiger partial charge in [-0.05, 0) is 43.2 Å². The molecule has 100 valence electrons. The predicted molar refractivity (Wildman–Crippen MR) is 79.8 cm³/mol. The van der Waals surface area contributed by atoms with Crippen LogP contribution in [0.4, 0.5) is 0 Å². The fourth-order valence-electron chi connectivity index (χ4n) is 1.82. The van der Waals surface area contributed by atoms with Gasteiger partial charge in [-0.15, -0.1) is 0 Å². The van der Waals surface area contributed by atoms with Gasteiger partial charge in [-0.3, -0.25) is 0 Å². The Hall–Kier alpha value is -1.51. The largest absolute Gasteiger partial charge is 0.492 e. The van der Waals surface area contributed by atoms with Crippen molar-refractivity contribution in [1.29, 1.82) is 0 Å². The van der Waals surface area contributed by atoms with Crippen molar-refractivity contribution in [2.24, 2.45) is 5.73 Å². The smallest absolute Gasteiger partial charge is 0.119 e. The van der Waals surface area contributed by atoms with E-state index in [4.69, 9.17) is 22.1 Å². The van der Waals surface area contributed by atoms with E-state index in [9.17, 15) is 0 Å². The summed E-state index contributed by atoms with van der Waals surface area (Å²) >= 11 is 5.81. The summed E-state index contributed by atoms with van der Waals surface area (Å²) in [6.45, 7) is 2.57. The van der Waals surface area contributed by atoms with Crippen LogP contribution in [0.3, 0.4) is 0 Å². The molecule has 0 aromatic heterocycles. The summed E-state index contributed by atoms with van der Waals surface area (Å²) in [7, 11) is 0. The van der Waals surface area contributed by atoms with Crippen LogP contribution in [0.15, 0.2) is 48.5 Å². The van der Waals surface area contributed by atoms with Crippen LogP contribution in [-0.4, -0.2) is 12.6 Å². The molecule has 0 aliphatic rings. The average Bonchev–Trinajstić information content (AvgIpc) is 2.41. The standard InChI is InChI=1S/C16H18ClNO/c1-12-2-4-13(5-3-12)10-15(18)11-19-16-8-6-14(17)7-9-16/h2-9,15H,10-11,18H2,1H3. The Bertz CT molecular complexity index is 507. The Morgan fingerprint density at radius 2 is 1.68 bits per heavy atom. The van der Waals surface area contributed by atoms with Crippen molar-refractivity contribution in [3.63, 3.8) is 0 Å². The van der Waals surface area contributed by atoms with Crippen LogP contribution >= 0.6 is 11.6 Å². The molecule has 2 nitrogen and oxygen atoms in total. The van der Waals surface area contributed by atoms with Crippen molar-refractivity contribution in [2.75, 3.05) is 6.61 Å². The number of hydrogen-bond acceptors (Lipinski definition) is 2. The summed E-state index contributed by atoms with van der Waals surface area (Å²) < 4.78 is 5.64. The molecule has 2 aromatic carbocycles. The molecule has 3 heteroatoms. The molecule has 0 spiro atoms. The maximum absolute atomic E-state index is 6.07. The normalized spacial score (nSPS) is 12.2. The van der Waals surface area contributed by atoms with Crippen LogP contribution in [0.1, 0.15) is 11.1 Å². The quantitative estimate of drug-likeness (QED) is 0.905. The molecule has 0 heterocycles. The number of hydrogen-bond donors (Lipinski definition) is 1. The fourth-order valence-corrected chi connectivity index (χ4v) is 1.95. The summed E-state index contributed by atoms with van der Waals surface area (Å²) in [5, 5.41) is 0.705. The van der Waals surface area contributed by atoms with Crippen LogP contribution in [-0.2, 0) is 6.42 Å². The lowest BCUT2D eigenvalue weighted by Crippen LogP contribution is -2.30. The van der Waals surface area contributed by atoms with Gasteiger partial charge in [0.25, 0.3) is 0 Å². The Labute approximate surface area is 119 Å². The van der Waals surface area contributed by atoms with E-state index in [0.717, 1.165) is 12.2 Å². The first-order valence-electron chi connectivity index (χ1n) is 6.33. The highest BCUT2D eigenvalue weighted by Crippen LogP contribution is 2.15.